The van der Waals surface area contributed by atoms with Crippen molar-refractivity contribution in [3.8, 4) is 0 Å². The van der Waals surface area contributed by atoms with Crippen LogP contribution >= 0.6 is 22.6 Å². The zero-order valence-electron chi connectivity index (χ0n) is 10.8. The van der Waals surface area contributed by atoms with Crippen molar-refractivity contribution in [1.82, 2.24) is 10.2 Å². The van der Waals surface area contributed by atoms with Gasteiger partial charge in [0.25, 0.3) is 0 Å². The normalized spacial score (nSPS) is 20.1. The fourth-order valence-electron chi connectivity index (χ4n) is 2.19. The number of halogens is 1. The number of nitrogens with one attached hydrogen (secondary N) is 1. The van der Waals surface area contributed by atoms with Gasteiger partial charge in [-0.05, 0) is 32.2 Å². The number of piperidine rings is 1. The molecule has 1 atom stereocenters. The Morgan fingerprint density at radius 1 is 1.53 bits per heavy atom. The second-order valence-corrected chi connectivity index (χ2v) is 5.94. The summed E-state index contributed by atoms with van der Waals surface area (Å²) in [5, 5.41) is 3.61. The fraction of sp³-hybridized carbons (Fsp3) is 0.846. The van der Waals surface area contributed by atoms with E-state index in [0.29, 0.717) is 6.04 Å². The van der Waals surface area contributed by atoms with Crippen LogP contribution in [-0.4, -0.2) is 41.2 Å². The van der Waals surface area contributed by atoms with Gasteiger partial charge in [0.05, 0.1) is 16.9 Å². The molecule has 1 aliphatic rings. The van der Waals surface area contributed by atoms with Crippen LogP contribution in [0.5, 0.6) is 0 Å². The molecule has 4 heteroatoms. The van der Waals surface area contributed by atoms with Crippen molar-refractivity contribution in [3.63, 3.8) is 0 Å². The molecule has 0 aromatic heterocycles. The SMILES string of the molecule is C=COCCCNC1CCN(C(I)CC)CC1. The van der Waals surface area contributed by atoms with Gasteiger partial charge in [0, 0.05) is 19.1 Å². The summed E-state index contributed by atoms with van der Waals surface area (Å²) in [5.41, 5.74) is 0. The first-order chi connectivity index (χ1) is 8.27. The van der Waals surface area contributed by atoms with E-state index in [1.165, 1.54) is 38.6 Å². The Hall–Kier alpha value is 0.190. The predicted octanol–water partition coefficient (Wildman–Crippen LogP) is 2.76. The van der Waals surface area contributed by atoms with E-state index < -0.39 is 0 Å². The van der Waals surface area contributed by atoms with E-state index in [0.717, 1.165) is 23.6 Å². The minimum atomic E-state index is 0.704. The van der Waals surface area contributed by atoms with Crippen LogP contribution in [0.4, 0.5) is 0 Å². The highest BCUT2D eigenvalue weighted by Gasteiger charge is 2.21. The summed E-state index contributed by atoms with van der Waals surface area (Å²) in [6.45, 7) is 10.1. The van der Waals surface area contributed by atoms with Crippen LogP contribution in [0, 0.1) is 0 Å². The highest BCUT2D eigenvalue weighted by Crippen LogP contribution is 2.18. The Morgan fingerprint density at radius 2 is 2.24 bits per heavy atom. The number of alkyl halides is 1. The van der Waals surface area contributed by atoms with E-state index in [4.69, 9.17) is 4.74 Å². The molecule has 0 aliphatic carbocycles. The third-order valence-corrected chi connectivity index (χ3v) is 4.92. The maximum absolute atomic E-state index is 5.10. The number of hydrogen-bond acceptors (Lipinski definition) is 3. The maximum Gasteiger partial charge on any atom is 0.0885 e. The zero-order valence-corrected chi connectivity index (χ0v) is 13.0. The molecular weight excluding hydrogens is 327 g/mol. The van der Waals surface area contributed by atoms with Crippen molar-refractivity contribution in [3.05, 3.63) is 12.8 Å². The first-order valence-electron chi connectivity index (χ1n) is 6.62. The van der Waals surface area contributed by atoms with Crippen LogP contribution < -0.4 is 5.32 Å². The summed E-state index contributed by atoms with van der Waals surface area (Å²) in [5.74, 6) is 0. The van der Waals surface area contributed by atoms with Crippen LogP contribution in [0.15, 0.2) is 12.8 Å². The Bertz CT molecular complexity index is 206. The van der Waals surface area contributed by atoms with E-state index in [1.807, 2.05) is 0 Å². The van der Waals surface area contributed by atoms with E-state index in [9.17, 15) is 0 Å². The molecule has 1 fully saturated rings. The Kier molecular flexibility index (Phi) is 8.22. The maximum atomic E-state index is 5.10. The van der Waals surface area contributed by atoms with Crippen molar-refractivity contribution in [2.45, 2.75) is 42.7 Å². The van der Waals surface area contributed by atoms with Crippen molar-refractivity contribution in [1.29, 1.82) is 0 Å². The first kappa shape index (κ1) is 15.2. The first-order valence-corrected chi connectivity index (χ1v) is 7.86. The van der Waals surface area contributed by atoms with Gasteiger partial charge in [-0.25, -0.2) is 0 Å². The third-order valence-electron chi connectivity index (χ3n) is 3.25. The minimum Gasteiger partial charge on any atom is -0.502 e. The largest absolute Gasteiger partial charge is 0.502 e. The summed E-state index contributed by atoms with van der Waals surface area (Å²) in [4.78, 5) is 2.60. The molecule has 0 spiro atoms. The van der Waals surface area contributed by atoms with Gasteiger partial charge in [-0.1, -0.05) is 36.1 Å². The molecule has 1 unspecified atom stereocenters. The highest BCUT2D eigenvalue weighted by atomic mass is 127. The Morgan fingerprint density at radius 3 is 2.82 bits per heavy atom. The molecule has 1 rings (SSSR count). The lowest BCUT2D eigenvalue weighted by atomic mass is 10.0. The zero-order chi connectivity index (χ0) is 12.5. The summed E-state index contributed by atoms with van der Waals surface area (Å²) >= 11 is 2.56. The smallest absolute Gasteiger partial charge is 0.0885 e. The van der Waals surface area contributed by atoms with Gasteiger partial charge in [0.15, 0.2) is 0 Å². The Labute approximate surface area is 119 Å². The van der Waals surface area contributed by atoms with Crippen LogP contribution in [0.2, 0.25) is 0 Å². The second kappa shape index (κ2) is 9.16. The average Bonchev–Trinajstić information content (AvgIpc) is 2.38. The molecule has 100 valence electrons. The quantitative estimate of drug-likeness (QED) is 0.239. The van der Waals surface area contributed by atoms with Gasteiger partial charge in [0.1, 0.15) is 0 Å². The van der Waals surface area contributed by atoms with Gasteiger partial charge >= 0.3 is 0 Å². The second-order valence-electron chi connectivity index (χ2n) is 4.50. The Balaban J connectivity index is 2.04. The van der Waals surface area contributed by atoms with Crippen molar-refractivity contribution in [2.75, 3.05) is 26.2 Å². The number of ether oxygens (including phenoxy) is 1. The molecule has 0 saturated carbocycles. The lowest BCUT2D eigenvalue weighted by Crippen LogP contribution is -2.45. The highest BCUT2D eigenvalue weighted by molar-refractivity contribution is 14.1. The number of hydrogen-bond donors (Lipinski definition) is 1. The van der Waals surface area contributed by atoms with Gasteiger partial charge in [-0.3, -0.25) is 4.90 Å². The average molecular weight is 352 g/mol. The number of likely N-dealkylation sites (tertiary alicyclic amines) is 1. The van der Waals surface area contributed by atoms with E-state index in [-0.39, 0.29) is 0 Å². The summed E-state index contributed by atoms with van der Waals surface area (Å²) in [6.07, 6.45) is 6.39. The number of nitrogens with zero attached hydrogens (tertiary/aromatic N) is 1. The molecule has 1 N–H and O–H groups in total. The van der Waals surface area contributed by atoms with Gasteiger partial charge in [-0.15, -0.1) is 0 Å². The molecule has 0 radical (unpaired) electrons. The van der Waals surface area contributed by atoms with Crippen molar-refractivity contribution >= 4 is 22.6 Å². The molecule has 1 aliphatic heterocycles. The van der Waals surface area contributed by atoms with Crippen molar-refractivity contribution < 1.29 is 4.74 Å². The summed E-state index contributed by atoms with van der Waals surface area (Å²) < 4.78 is 5.82. The monoisotopic (exact) mass is 352 g/mol. The van der Waals surface area contributed by atoms with E-state index >= 15 is 0 Å². The lowest BCUT2D eigenvalue weighted by Gasteiger charge is -2.35. The fourth-order valence-corrected chi connectivity index (χ4v) is 2.74. The van der Waals surface area contributed by atoms with Crippen LogP contribution in [0.3, 0.4) is 0 Å². The van der Waals surface area contributed by atoms with Crippen LogP contribution in [-0.2, 0) is 4.74 Å². The van der Waals surface area contributed by atoms with Crippen LogP contribution in [0.25, 0.3) is 0 Å². The summed E-state index contributed by atoms with van der Waals surface area (Å²) in [7, 11) is 0. The molecule has 17 heavy (non-hydrogen) atoms. The molecule has 0 amide bonds. The third kappa shape index (κ3) is 6.06. The van der Waals surface area contributed by atoms with E-state index in [1.54, 1.807) is 0 Å². The molecule has 1 heterocycles. The summed E-state index contributed by atoms with van der Waals surface area (Å²) in [6, 6.07) is 0.704. The molecular formula is C13H25IN2O. The molecule has 0 aromatic carbocycles. The van der Waals surface area contributed by atoms with Gasteiger partial charge in [0.2, 0.25) is 0 Å². The minimum absolute atomic E-state index is 0.704. The molecule has 3 nitrogen and oxygen atoms in total. The van der Waals surface area contributed by atoms with Crippen molar-refractivity contribution in [2.24, 2.45) is 0 Å². The molecule has 1 saturated heterocycles. The van der Waals surface area contributed by atoms with Gasteiger partial charge < -0.3 is 10.1 Å². The lowest BCUT2D eigenvalue weighted by molar-refractivity contribution is 0.186. The topological polar surface area (TPSA) is 24.5 Å². The molecule has 0 aromatic rings. The predicted molar refractivity (Wildman–Crippen MR) is 81.5 cm³/mol. The number of rotatable bonds is 8. The van der Waals surface area contributed by atoms with Gasteiger partial charge in [-0.2, -0.15) is 0 Å². The standard InChI is InChI=1S/C13H25IN2O/c1-3-13(14)16-9-6-12(7-10-16)15-8-5-11-17-4-2/h4,12-13,15H,2-3,5-11H2,1H3. The van der Waals surface area contributed by atoms with E-state index in [2.05, 4.69) is 46.3 Å². The molecule has 0 bridgehead atoms. The van der Waals surface area contributed by atoms with Crippen LogP contribution in [0.1, 0.15) is 32.6 Å².